The molecule has 0 aromatic carbocycles. The number of aliphatic hydroxyl groups excluding tert-OH is 1. The predicted octanol–water partition coefficient (Wildman–Crippen LogP) is -0.598. The van der Waals surface area contributed by atoms with Gasteiger partial charge in [-0.1, -0.05) is 24.0 Å². The lowest BCUT2D eigenvalue weighted by atomic mass is 10.3. The molecule has 0 saturated heterocycles. The van der Waals surface area contributed by atoms with Gasteiger partial charge in [0.1, 0.15) is 11.0 Å². The molecular weight excluding hydrogens is 222 g/mol. The molecule has 0 spiro atoms. The first-order valence-corrected chi connectivity index (χ1v) is 5.39. The molecule has 1 aromatic heterocycles. The van der Waals surface area contributed by atoms with Gasteiger partial charge in [0.05, 0.1) is 6.61 Å². The highest BCUT2D eigenvalue weighted by molar-refractivity contribution is 7.98. The molecule has 78 valence electrons. The van der Waals surface area contributed by atoms with Crippen LogP contribution in [0.3, 0.4) is 0 Å². The Hall–Kier alpha value is -0.860. The molecule has 0 fully saturated rings. The average molecular weight is 233 g/mol. The predicted molar refractivity (Wildman–Crippen MR) is 59.1 cm³/mol. The molecule has 6 nitrogen and oxygen atoms in total. The van der Waals surface area contributed by atoms with Crippen LogP contribution in [0.15, 0.2) is 5.16 Å². The van der Waals surface area contributed by atoms with E-state index in [1.807, 2.05) is 6.26 Å². The van der Waals surface area contributed by atoms with Gasteiger partial charge in [-0.2, -0.15) is 4.98 Å². The summed E-state index contributed by atoms with van der Waals surface area (Å²) in [6, 6.07) is -0.585. The number of aromatic nitrogens is 3. The Bertz CT molecular complexity index is 339. The van der Waals surface area contributed by atoms with Crippen LogP contribution >= 0.6 is 24.0 Å². The van der Waals surface area contributed by atoms with E-state index in [-0.39, 0.29) is 17.5 Å². The van der Waals surface area contributed by atoms with Crippen molar-refractivity contribution in [1.29, 1.82) is 0 Å². The first-order chi connectivity index (χ1) is 6.60. The lowest BCUT2D eigenvalue weighted by Crippen LogP contribution is -2.29. The Morgan fingerprint density at radius 3 is 2.79 bits per heavy atom. The fourth-order valence-corrected chi connectivity index (χ4v) is 1.45. The lowest BCUT2D eigenvalue weighted by Gasteiger charge is -2.12. The second-order valence-corrected chi connectivity index (χ2v) is 3.75. The number of thioether (sulfide) groups is 1. The molecule has 1 atom stereocenters. The zero-order chi connectivity index (χ0) is 10.7. The van der Waals surface area contributed by atoms with Crippen molar-refractivity contribution < 1.29 is 5.11 Å². The van der Waals surface area contributed by atoms with Crippen LogP contribution in [0.2, 0.25) is 0 Å². The molecule has 0 aliphatic carbocycles. The monoisotopic (exact) mass is 233 g/mol. The van der Waals surface area contributed by atoms with E-state index in [1.54, 1.807) is 0 Å². The number of hydrogen-bond acceptors (Lipinski definition) is 6. The zero-order valence-corrected chi connectivity index (χ0v) is 9.18. The SMILES string of the molecule is CSc1nc(N)n(C(CO)C(N)=S)n1. The first kappa shape index (κ1) is 11.2. The molecule has 0 aliphatic rings. The van der Waals surface area contributed by atoms with E-state index in [9.17, 15) is 0 Å². The van der Waals surface area contributed by atoms with Gasteiger partial charge in [0, 0.05) is 0 Å². The standard InChI is InChI=1S/C6H11N5OS2/c1-14-6-9-5(8)11(10-6)3(2-12)4(7)13/h3,12H,2H2,1H3,(H2,7,13)(H2,8,9,10). The quantitative estimate of drug-likeness (QED) is 0.471. The normalized spacial score (nSPS) is 12.7. The van der Waals surface area contributed by atoms with E-state index in [0.29, 0.717) is 5.16 Å². The number of hydrogen-bond donors (Lipinski definition) is 3. The second-order valence-electron chi connectivity index (χ2n) is 2.50. The van der Waals surface area contributed by atoms with Gasteiger partial charge < -0.3 is 16.6 Å². The molecular formula is C6H11N5OS2. The Balaban J connectivity index is 3.03. The van der Waals surface area contributed by atoms with Gasteiger partial charge in [-0.25, -0.2) is 4.68 Å². The van der Waals surface area contributed by atoms with Crippen molar-refractivity contribution in [3.8, 4) is 0 Å². The van der Waals surface area contributed by atoms with E-state index in [2.05, 4.69) is 10.1 Å². The largest absolute Gasteiger partial charge is 0.394 e. The summed E-state index contributed by atoms with van der Waals surface area (Å²) in [5, 5.41) is 13.6. The van der Waals surface area contributed by atoms with Gasteiger partial charge in [0.15, 0.2) is 0 Å². The Morgan fingerprint density at radius 1 is 1.79 bits per heavy atom. The van der Waals surface area contributed by atoms with Crippen molar-refractivity contribution in [3.63, 3.8) is 0 Å². The summed E-state index contributed by atoms with van der Waals surface area (Å²) in [7, 11) is 0. The minimum atomic E-state index is -0.585. The van der Waals surface area contributed by atoms with Crippen LogP contribution in [0.5, 0.6) is 0 Å². The first-order valence-electron chi connectivity index (χ1n) is 3.76. The van der Waals surface area contributed by atoms with Gasteiger partial charge >= 0.3 is 0 Å². The molecule has 5 N–H and O–H groups in total. The average Bonchev–Trinajstić information content (AvgIpc) is 2.48. The van der Waals surface area contributed by atoms with Gasteiger partial charge in [-0.05, 0) is 6.26 Å². The fourth-order valence-electron chi connectivity index (χ4n) is 0.919. The third-order valence-corrected chi connectivity index (χ3v) is 2.43. The third kappa shape index (κ3) is 2.14. The number of thiocarbonyl (C=S) groups is 1. The number of nitrogen functional groups attached to an aromatic ring is 1. The van der Waals surface area contributed by atoms with E-state index >= 15 is 0 Å². The van der Waals surface area contributed by atoms with Crippen LogP contribution in [-0.2, 0) is 0 Å². The topological polar surface area (TPSA) is 103 Å². The number of nitrogens with two attached hydrogens (primary N) is 2. The molecule has 1 heterocycles. The molecule has 0 bridgehead atoms. The van der Waals surface area contributed by atoms with Crippen molar-refractivity contribution >= 4 is 34.9 Å². The lowest BCUT2D eigenvalue weighted by molar-refractivity contribution is 0.255. The van der Waals surface area contributed by atoms with Crippen LogP contribution < -0.4 is 11.5 Å². The van der Waals surface area contributed by atoms with Gasteiger partial charge in [-0.15, -0.1) is 5.10 Å². The van der Waals surface area contributed by atoms with Gasteiger partial charge in [0.2, 0.25) is 11.1 Å². The molecule has 0 amide bonds. The van der Waals surface area contributed by atoms with Gasteiger partial charge in [0.25, 0.3) is 0 Å². The molecule has 0 aliphatic heterocycles. The maximum Gasteiger partial charge on any atom is 0.220 e. The molecule has 14 heavy (non-hydrogen) atoms. The van der Waals surface area contributed by atoms with Crippen LogP contribution in [0.25, 0.3) is 0 Å². The Kier molecular flexibility index (Phi) is 3.67. The smallest absolute Gasteiger partial charge is 0.220 e. The van der Waals surface area contributed by atoms with E-state index in [0.717, 1.165) is 0 Å². The Labute approximate surface area is 90.7 Å². The second kappa shape index (κ2) is 4.58. The highest BCUT2D eigenvalue weighted by atomic mass is 32.2. The molecule has 8 heteroatoms. The van der Waals surface area contributed by atoms with Gasteiger partial charge in [-0.3, -0.25) is 0 Å². The fraction of sp³-hybridized carbons (Fsp3) is 0.500. The summed E-state index contributed by atoms with van der Waals surface area (Å²) in [5.41, 5.74) is 11.0. The molecule has 1 aromatic rings. The molecule has 0 saturated carbocycles. The highest BCUT2D eigenvalue weighted by Gasteiger charge is 2.18. The van der Waals surface area contributed by atoms with E-state index in [1.165, 1.54) is 16.4 Å². The molecule has 1 rings (SSSR count). The van der Waals surface area contributed by atoms with Crippen LogP contribution in [0.4, 0.5) is 5.95 Å². The van der Waals surface area contributed by atoms with Crippen molar-refractivity contribution in [2.24, 2.45) is 5.73 Å². The van der Waals surface area contributed by atoms with Crippen molar-refractivity contribution in [3.05, 3.63) is 0 Å². The van der Waals surface area contributed by atoms with Crippen LogP contribution in [0.1, 0.15) is 6.04 Å². The number of nitrogens with zero attached hydrogens (tertiary/aromatic N) is 3. The summed E-state index contributed by atoms with van der Waals surface area (Å²) in [5.74, 6) is 0.196. The maximum absolute atomic E-state index is 9.04. The summed E-state index contributed by atoms with van der Waals surface area (Å²) in [6.07, 6.45) is 1.83. The van der Waals surface area contributed by atoms with Crippen LogP contribution in [0, 0.1) is 0 Å². The highest BCUT2D eigenvalue weighted by Crippen LogP contribution is 2.15. The Morgan fingerprint density at radius 2 is 2.43 bits per heavy atom. The summed E-state index contributed by atoms with van der Waals surface area (Å²) >= 11 is 6.12. The third-order valence-electron chi connectivity index (χ3n) is 1.62. The number of rotatable bonds is 4. The van der Waals surface area contributed by atoms with Crippen molar-refractivity contribution in [2.45, 2.75) is 11.2 Å². The summed E-state index contributed by atoms with van der Waals surface area (Å²) in [4.78, 5) is 4.08. The maximum atomic E-state index is 9.04. The number of aliphatic hydroxyl groups is 1. The molecule has 0 radical (unpaired) electrons. The number of anilines is 1. The van der Waals surface area contributed by atoms with E-state index in [4.69, 9.17) is 28.8 Å². The summed E-state index contributed by atoms with van der Waals surface area (Å²) < 4.78 is 1.33. The molecule has 1 unspecified atom stereocenters. The summed E-state index contributed by atoms with van der Waals surface area (Å²) in [6.45, 7) is -0.239. The van der Waals surface area contributed by atoms with E-state index < -0.39 is 6.04 Å². The van der Waals surface area contributed by atoms with Crippen molar-refractivity contribution in [1.82, 2.24) is 14.8 Å². The zero-order valence-electron chi connectivity index (χ0n) is 7.54. The minimum absolute atomic E-state index is 0.136. The van der Waals surface area contributed by atoms with Crippen molar-refractivity contribution in [2.75, 3.05) is 18.6 Å². The van der Waals surface area contributed by atoms with Crippen LogP contribution in [-0.4, -0.2) is 37.7 Å². The minimum Gasteiger partial charge on any atom is -0.394 e.